The summed E-state index contributed by atoms with van der Waals surface area (Å²) >= 11 is 3.44. The zero-order valence-corrected chi connectivity index (χ0v) is 13.6. The van der Waals surface area contributed by atoms with Gasteiger partial charge in [-0.1, -0.05) is 46.3 Å². The van der Waals surface area contributed by atoms with Crippen molar-refractivity contribution in [3.63, 3.8) is 0 Å². The van der Waals surface area contributed by atoms with Gasteiger partial charge in [0, 0.05) is 15.4 Å². The molecule has 0 aliphatic rings. The lowest BCUT2D eigenvalue weighted by Crippen LogP contribution is -2.07. The summed E-state index contributed by atoms with van der Waals surface area (Å²) in [5.74, 6) is -0.526. The number of hydrogen-bond acceptors (Lipinski definition) is 4. The minimum Gasteiger partial charge on any atom is -0.447 e. The van der Waals surface area contributed by atoms with Crippen molar-refractivity contribution in [3.05, 3.63) is 64.6 Å². The van der Waals surface area contributed by atoms with Crippen LogP contribution in [0.3, 0.4) is 0 Å². The van der Waals surface area contributed by atoms with Crippen molar-refractivity contribution in [2.45, 2.75) is 0 Å². The summed E-state index contributed by atoms with van der Waals surface area (Å²) in [5.41, 5.74) is 2.67. The van der Waals surface area contributed by atoms with E-state index in [0.717, 1.165) is 10.0 Å². The van der Waals surface area contributed by atoms with Gasteiger partial charge in [0.1, 0.15) is 6.07 Å². The molecular formula is C18H11BrN2O2. The van der Waals surface area contributed by atoms with E-state index in [1.165, 1.54) is 0 Å². The molecule has 112 valence electrons. The zero-order chi connectivity index (χ0) is 16.2. The van der Waals surface area contributed by atoms with E-state index in [2.05, 4.69) is 20.9 Å². The molecule has 23 heavy (non-hydrogen) atoms. The van der Waals surface area contributed by atoms with Crippen molar-refractivity contribution in [1.29, 1.82) is 5.26 Å². The molecule has 3 aromatic rings. The van der Waals surface area contributed by atoms with Crippen LogP contribution in [-0.2, 0) is 4.74 Å². The summed E-state index contributed by atoms with van der Waals surface area (Å²) in [4.78, 5) is 16.9. The number of carbonyl (C=O) groups excluding carboxylic acids is 1. The molecule has 0 N–H and O–H groups in total. The predicted molar refractivity (Wildman–Crippen MR) is 90.8 cm³/mol. The number of aromatic nitrogens is 1. The second kappa shape index (κ2) is 6.59. The van der Waals surface area contributed by atoms with E-state index >= 15 is 0 Å². The summed E-state index contributed by atoms with van der Waals surface area (Å²) in [6.45, 7) is -0.276. The van der Waals surface area contributed by atoms with Gasteiger partial charge in [-0.15, -0.1) is 0 Å². The number of carbonyl (C=O) groups is 1. The Morgan fingerprint density at radius 1 is 1.17 bits per heavy atom. The van der Waals surface area contributed by atoms with E-state index in [-0.39, 0.29) is 6.61 Å². The highest BCUT2D eigenvalue weighted by Gasteiger charge is 2.15. The number of pyridine rings is 1. The molecule has 1 heterocycles. The van der Waals surface area contributed by atoms with E-state index in [4.69, 9.17) is 10.00 Å². The number of benzene rings is 2. The molecule has 4 nitrogen and oxygen atoms in total. The van der Waals surface area contributed by atoms with Crippen LogP contribution in [0.15, 0.2) is 59.1 Å². The zero-order valence-electron chi connectivity index (χ0n) is 12.0. The highest BCUT2D eigenvalue weighted by molar-refractivity contribution is 9.10. The van der Waals surface area contributed by atoms with Crippen LogP contribution in [0.2, 0.25) is 0 Å². The molecule has 2 aromatic carbocycles. The molecule has 0 spiro atoms. The summed E-state index contributed by atoms with van der Waals surface area (Å²) < 4.78 is 5.89. The van der Waals surface area contributed by atoms with Crippen LogP contribution in [0.4, 0.5) is 0 Å². The lowest BCUT2D eigenvalue weighted by atomic mass is 10.0. The number of rotatable bonds is 3. The molecule has 0 aliphatic heterocycles. The van der Waals surface area contributed by atoms with Crippen molar-refractivity contribution < 1.29 is 9.53 Å². The molecule has 5 heteroatoms. The molecule has 3 rings (SSSR count). The van der Waals surface area contributed by atoms with E-state index in [1.54, 1.807) is 12.1 Å². The Labute approximate surface area is 141 Å². The molecule has 0 atom stereocenters. The largest absolute Gasteiger partial charge is 0.447 e. The Morgan fingerprint density at radius 3 is 2.78 bits per heavy atom. The van der Waals surface area contributed by atoms with Gasteiger partial charge >= 0.3 is 5.97 Å². The van der Waals surface area contributed by atoms with Crippen LogP contribution in [0.5, 0.6) is 0 Å². The summed E-state index contributed by atoms with van der Waals surface area (Å²) in [7, 11) is 0. The first-order chi connectivity index (χ1) is 11.2. The van der Waals surface area contributed by atoms with Gasteiger partial charge < -0.3 is 4.74 Å². The van der Waals surface area contributed by atoms with Crippen molar-refractivity contribution >= 4 is 32.8 Å². The Balaban J connectivity index is 2.18. The molecule has 1 aromatic heterocycles. The van der Waals surface area contributed by atoms with Crippen LogP contribution in [0, 0.1) is 11.3 Å². The number of halogens is 1. The molecule has 0 fully saturated rings. The average molecular weight is 367 g/mol. The summed E-state index contributed by atoms with van der Waals surface area (Å²) in [6.07, 6.45) is 0. The quantitative estimate of drug-likeness (QED) is 0.646. The Hall–Kier alpha value is -2.71. The van der Waals surface area contributed by atoms with Gasteiger partial charge in [0.25, 0.3) is 0 Å². The maximum absolute atomic E-state index is 12.3. The van der Waals surface area contributed by atoms with E-state index in [1.807, 2.05) is 48.5 Å². The van der Waals surface area contributed by atoms with Gasteiger partial charge in [0.15, 0.2) is 6.61 Å². The molecule has 0 saturated carbocycles. The van der Waals surface area contributed by atoms with Crippen LogP contribution in [-0.4, -0.2) is 17.6 Å². The van der Waals surface area contributed by atoms with Crippen molar-refractivity contribution in [2.75, 3.05) is 6.61 Å². The fourth-order valence-corrected chi connectivity index (χ4v) is 2.71. The Kier molecular flexibility index (Phi) is 4.35. The molecule has 0 radical (unpaired) electrons. The van der Waals surface area contributed by atoms with Gasteiger partial charge in [-0.2, -0.15) is 5.26 Å². The number of para-hydroxylation sites is 1. The highest BCUT2D eigenvalue weighted by Crippen LogP contribution is 2.27. The van der Waals surface area contributed by atoms with Crippen LogP contribution in [0.25, 0.3) is 22.2 Å². The first-order valence-corrected chi connectivity index (χ1v) is 7.68. The normalized spacial score (nSPS) is 10.3. The number of ether oxygens (including phenoxy) is 1. The standard InChI is InChI=1S/C18H11BrN2O2/c19-13-5-3-4-12(10-13)17-11-15(18(22)23-9-8-20)14-6-1-2-7-16(14)21-17/h1-7,10-11H,9H2. The van der Waals surface area contributed by atoms with Gasteiger partial charge in [-0.25, -0.2) is 9.78 Å². The molecule has 0 aliphatic carbocycles. The molecule has 0 unspecified atom stereocenters. The fraction of sp³-hybridized carbons (Fsp3) is 0.0556. The summed E-state index contributed by atoms with van der Waals surface area (Å²) in [6, 6.07) is 18.6. The SMILES string of the molecule is N#CCOC(=O)c1cc(-c2cccc(Br)c2)nc2ccccc12. The number of hydrogen-bond donors (Lipinski definition) is 0. The third kappa shape index (κ3) is 3.22. The maximum Gasteiger partial charge on any atom is 0.339 e. The minimum atomic E-state index is -0.526. The number of esters is 1. The third-order valence-corrected chi connectivity index (χ3v) is 3.82. The Morgan fingerprint density at radius 2 is 2.00 bits per heavy atom. The van der Waals surface area contributed by atoms with Crippen molar-refractivity contribution in [3.8, 4) is 17.3 Å². The molecule has 0 bridgehead atoms. The number of fused-ring (bicyclic) bond motifs is 1. The number of nitriles is 1. The molecule has 0 amide bonds. The lowest BCUT2D eigenvalue weighted by Gasteiger charge is -2.09. The molecule has 0 saturated heterocycles. The minimum absolute atomic E-state index is 0.276. The number of nitrogens with zero attached hydrogens (tertiary/aromatic N) is 2. The lowest BCUT2D eigenvalue weighted by molar-refractivity contribution is 0.0557. The van der Waals surface area contributed by atoms with Gasteiger partial charge in [0.05, 0.1) is 16.8 Å². The Bertz CT molecular complexity index is 932. The van der Waals surface area contributed by atoms with Gasteiger partial charge in [-0.05, 0) is 24.3 Å². The second-order valence-corrected chi connectivity index (χ2v) is 5.73. The van der Waals surface area contributed by atoms with Crippen molar-refractivity contribution in [2.24, 2.45) is 0 Å². The monoisotopic (exact) mass is 366 g/mol. The average Bonchev–Trinajstić information content (AvgIpc) is 2.58. The van der Waals surface area contributed by atoms with Crippen molar-refractivity contribution in [1.82, 2.24) is 4.98 Å². The molecular weight excluding hydrogens is 356 g/mol. The fourth-order valence-electron chi connectivity index (χ4n) is 2.32. The third-order valence-electron chi connectivity index (χ3n) is 3.32. The van der Waals surface area contributed by atoms with E-state index < -0.39 is 5.97 Å². The van der Waals surface area contributed by atoms with Crippen LogP contribution < -0.4 is 0 Å². The maximum atomic E-state index is 12.3. The van der Waals surface area contributed by atoms with E-state index in [0.29, 0.717) is 22.2 Å². The first-order valence-electron chi connectivity index (χ1n) is 6.89. The topological polar surface area (TPSA) is 63.0 Å². The first kappa shape index (κ1) is 15.2. The second-order valence-electron chi connectivity index (χ2n) is 4.82. The summed E-state index contributed by atoms with van der Waals surface area (Å²) in [5, 5.41) is 9.30. The van der Waals surface area contributed by atoms with Crippen LogP contribution >= 0.6 is 15.9 Å². The van der Waals surface area contributed by atoms with Gasteiger partial charge in [0.2, 0.25) is 0 Å². The van der Waals surface area contributed by atoms with Crippen LogP contribution in [0.1, 0.15) is 10.4 Å². The van der Waals surface area contributed by atoms with Gasteiger partial charge in [-0.3, -0.25) is 0 Å². The van der Waals surface area contributed by atoms with E-state index in [9.17, 15) is 4.79 Å². The smallest absolute Gasteiger partial charge is 0.339 e. The highest BCUT2D eigenvalue weighted by atomic mass is 79.9. The predicted octanol–water partition coefficient (Wildman–Crippen LogP) is 4.34.